The van der Waals surface area contributed by atoms with Crippen LogP contribution in [0, 0.1) is 0 Å². The summed E-state index contributed by atoms with van der Waals surface area (Å²) in [6.07, 6.45) is 0. The lowest BCUT2D eigenvalue weighted by molar-refractivity contribution is 0.0494. The van der Waals surface area contributed by atoms with Crippen LogP contribution >= 0.6 is 0 Å². The molecule has 0 bridgehead atoms. The zero-order valence-electron chi connectivity index (χ0n) is 13.6. The molecule has 0 radical (unpaired) electrons. The normalized spacial score (nSPS) is 18.9. The number of carbonyl (C=O) groups is 1. The van der Waals surface area contributed by atoms with Gasteiger partial charge in [-0.2, -0.15) is 5.10 Å². The molecule has 3 aromatic rings. The second-order valence-corrected chi connectivity index (χ2v) is 6.31. The Morgan fingerprint density at radius 3 is 2.67 bits per heavy atom. The Balaban J connectivity index is 1.71. The first-order valence-electron chi connectivity index (χ1n) is 8.21. The number of H-pyrrole nitrogens is 1. The Labute approximate surface area is 140 Å². The Bertz CT molecular complexity index is 858. The molecule has 2 aromatic carbocycles. The van der Waals surface area contributed by atoms with Crippen molar-refractivity contribution in [2.75, 3.05) is 26.7 Å². The molecular weight excluding hydrogens is 300 g/mol. The van der Waals surface area contributed by atoms with Gasteiger partial charge < -0.3 is 9.80 Å². The molecule has 1 amide bonds. The van der Waals surface area contributed by atoms with E-state index in [1.165, 1.54) is 0 Å². The van der Waals surface area contributed by atoms with Crippen LogP contribution in [0.25, 0.3) is 10.9 Å². The highest BCUT2D eigenvalue weighted by atomic mass is 16.2. The molecule has 1 saturated heterocycles. The van der Waals surface area contributed by atoms with Crippen LogP contribution < -0.4 is 0 Å². The fraction of sp³-hybridized carbons (Fsp3) is 0.263. The average Bonchev–Trinajstić information content (AvgIpc) is 3.06. The zero-order valence-corrected chi connectivity index (χ0v) is 13.6. The molecular formula is C19H20N4O. The van der Waals surface area contributed by atoms with Crippen molar-refractivity contribution in [1.82, 2.24) is 20.0 Å². The molecule has 2 heterocycles. The second-order valence-electron chi connectivity index (χ2n) is 6.31. The first-order chi connectivity index (χ1) is 11.7. The summed E-state index contributed by atoms with van der Waals surface area (Å²) in [5.41, 5.74) is 2.57. The van der Waals surface area contributed by atoms with Gasteiger partial charge in [-0.3, -0.25) is 9.89 Å². The minimum absolute atomic E-state index is 0.00518. The monoisotopic (exact) mass is 320 g/mol. The largest absolute Gasteiger partial charge is 0.328 e. The summed E-state index contributed by atoms with van der Waals surface area (Å²) in [6, 6.07) is 18.0. The van der Waals surface area contributed by atoms with Gasteiger partial charge in [0.25, 0.3) is 5.91 Å². The van der Waals surface area contributed by atoms with Crippen LogP contribution in [0.1, 0.15) is 22.1 Å². The summed E-state index contributed by atoms with van der Waals surface area (Å²) in [7, 11) is 2.10. The van der Waals surface area contributed by atoms with Crippen LogP contribution in [0.4, 0.5) is 0 Å². The number of amides is 1. The topological polar surface area (TPSA) is 52.2 Å². The smallest absolute Gasteiger partial charge is 0.275 e. The highest BCUT2D eigenvalue weighted by Crippen LogP contribution is 2.27. The third-order valence-corrected chi connectivity index (χ3v) is 4.70. The van der Waals surface area contributed by atoms with Gasteiger partial charge in [0, 0.05) is 25.0 Å². The van der Waals surface area contributed by atoms with Gasteiger partial charge in [0.15, 0.2) is 5.69 Å². The third-order valence-electron chi connectivity index (χ3n) is 4.70. The molecule has 1 atom stereocenters. The van der Waals surface area contributed by atoms with E-state index >= 15 is 0 Å². The predicted molar refractivity (Wildman–Crippen MR) is 93.8 cm³/mol. The van der Waals surface area contributed by atoms with Gasteiger partial charge in [-0.1, -0.05) is 48.5 Å². The Hall–Kier alpha value is -2.66. The SMILES string of the molecule is CN1CCN(C(=O)c2n[nH]c3ccccc23)[C@H](c2ccccc2)C1. The fourth-order valence-electron chi connectivity index (χ4n) is 3.39. The number of hydrogen-bond acceptors (Lipinski definition) is 3. The Morgan fingerprint density at radius 1 is 1.08 bits per heavy atom. The fourth-order valence-corrected chi connectivity index (χ4v) is 3.39. The van der Waals surface area contributed by atoms with Gasteiger partial charge >= 0.3 is 0 Å². The van der Waals surface area contributed by atoms with Gasteiger partial charge in [-0.05, 0) is 18.7 Å². The van der Waals surface area contributed by atoms with Crippen LogP contribution in [-0.4, -0.2) is 52.6 Å². The van der Waals surface area contributed by atoms with E-state index in [0.29, 0.717) is 12.2 Å². The van der Waals surface area contributed by atoms with Crippen LogP contribution in [0.2, 0.25) is 0 Å². The molecule has 1 N–H and O–H groups in total. The van der Waals surface area contributed by atoms with Crippen molar-refractivity contribution in [3.63, 3.8) is 0 Å². The molecule has 5 heteroatoms. The minimum atomic E-state index is -0.00518. The van der Waals surface area contributed by atoms with E-state index < -0.39 is 0 Å². The van der Waals surface area contributed by atoms with Gasteiger partial charge in [0.1, 0.15) is 0 Å². The number of likely N-dealkylation sites (N-methyl/N-ethyl adjacent to an activating group) is 1. The van der Waals surface area contributed by atoms with Crippen LogP contribution in [-0.2, 0) is 0 Å². The van der Waals surface area contributed by atoms with Gasteiger partial charge in [-0.25, -0.2) is 0 Å². The molecule has 122 valence electrons. The molecule has 0 spiro atoms. The van der Waals surface area contributed by atoms with Gasteiger partial charge in [0.05, 0.1) is 11.6 Å². The predicted octanol–water partition coefficient (Wildman–Crippen LogP) is 2.69. The first-order valence-corrected chi connectivity index (χ1v) is 8.21. The quantitative estimate of drug-likeness (QED) is 0.790. The maximum Gasteiger partial charge on any atom is 0.275 e. The maximum absolute atomic E-state index is 13.2. The number of aromatic nitrogens is 2. The molecule has 0 aliphatic carbocycles. The standard InChI is InChI=1S/C19H20N4O/c1-22-11-12-23(17(13-22)14-7-3-2-4-8-14)19(24)18-15-9-5-6-10-16(15)20-21-18/h2-10,17H,11-13H2,1H3,(H,20,21)/t17-/m0/s1. The third kappa shape index (κ3) is 2.57. The van der Waals surface area contributed by atoms with E-state index in [2.05, 4.69) is 34.3 Å². The summed E-state index contributed by atoms with van der Waals surface area (Å²) in [6.45, 7) is 2.41. The van der Waals surface area contributed by atoms with Crippen molar-refractivity contribution in [2.45, 2.75) is 6.04 Å². The van der Waals surface area contributed by atoms with Crippen molar-refractivity contribution in [3.05, 3.63) is 65.9 Å². The number of fused-ring (bicyclic) bond motifs is 1. The van der Waals surface area contributed by atoms with E-state index in [1.807, 2.05) is 47.4 Å². The summed E-state index contributed by atoms with van der Waals surface area (Å²) in [5, 5.41) is 8.13. The van der Waals surface area contributed by atoms with Crippen LogP contribution in [0.15, 0.2) is 54.6 Å². The molecule has 24 heavy (non-hydrogen) atoms. The number of para-hydroxylation sites is 1. The average molecular weight is 320 g/mol. The number of benzene rings is 2. The Morgan fingerprint density at radius 2 is 1.83 bits per heavy atom. The number of piperazine rings is 1. The van der Waals surface area contributed by atoms with E-state index in [0.717, 1.165) is 29.6 Å². The highest BCUT2D eigenvalue weighted by molar-refractivity contribution is 6.04. The highest BCUT2D eigenvalue weighted by Gasteiger charge is 2.32. The first kappa shape index (κ1) is 14.9. The number of aromatic amines is 1. The van der Waals surface area contributed by atoms with Crippen molar-refractivity contribution in [3.8, 4) is 0 Å². The second kappa shape index (κ2) is 6.09. The number of carbonyl (C=O) groups excluding carboxylic acids is 1. The number of nitrogens with one attached hydrogen (secondary N) is 1. The van der Waals surface area contributed by atoms with Crippen molar-refractivity contribution in [1.29, 1.82) is 0 Å². The van der Waals surface area contributed by atoms with Gasteiger partial charge in [-0.15, -0.1) is 0 Å². The summed E-state index contributed by atoms with van der Waals surface area (Å²) in [4.78, 5) is 17.4. The molecule has 1 aromatic heterocycles. The molecule has 5 nitrogen and oxygen atoms in total. The van der Waals surface area contributed by atoms with Crippen molar-refractivity contribution >= 4 is 16.8 Å². The molecule has 0 unspecified atom stereocenters. The number of nitrogens with zero attached hydrogens (tertiary/aromatic N) is 3. The van der Waals surface area contributed by atoms with E-state index in [1.54, 1.807) is 0 Å². The maximum atomic E-state index is 13.2. The molecule has 1 aliphatic heterocycles. The van der Waals surface area contributed by atoms with Crippen LogP contribution in [0.3, 0.4) is 0 Å². The molecule has 0 saturated carbocycles. The van der Waals surface area contributed by atoms with Gasteiger partial charge in [0.2, 0.25) is 0 Å². The Kier molecular flexibility index (Phi) is 3.78. The number of hydrogen-bond donors (Lipinski definition) is 1. The summed E-state index contributed by atoms with van der Waals surface area (Å²) in [5.74, 6) is -0.00518. The lowest BCUT2D eigenvalue weighted by atomic mass is 10.0. The molecule has 1 aliphatic rings. The summed E-state index contributed by atoms with van der Waals surface area (Å²) < 4.78 is 0. The van der Waals surface area contributed by atoms with Crippen molar-refractivity contribution < 1.29 is 4.79 Å². The summed E-state index contributed by atoms with van der Waals surface area (Å²) >= 11 is 0. The lowest BCUT2D eigenvalue weighted by Crippen LogP contribution is -2.49. The molecule has 1 fully saturated rings. The van der Waals surface area contributed by atoms with E-state index in [4.69, 9.17) is 0 Å². The van der Waals surface area contributed by atoms with E-state index in [-0.39, 0.29) is 11.9 Å². The minimum Gasteiger partial charge on any atom is -0.328 e. The number of rotatable bonds is 2. The van der Waals surface area contributed by atoms with Crippen molar-refractivity contribution in [2.24, 2.45) is 0 Å². The molecule has 4 rings (SSSR count). The van der Waals surface area contributed by atoms with Crippen LogP contribution in [0.5, 0.6) is 0 Å². The lowest BCUT2D eigenvalue weighted by Gasteiger charge is -2.40. The van der Waals surface area contributed by atoms with E-state index in [9.17, 15) is 4.79 Å². The zero-order chi connectivity index (χ0) is 16.5.